The molecule has 0 aromatic heterocycles. The Hall–Kier alpha value is -2.08. The normalized spacial score (nSPS) is 10.9. The van der Waals surface area contributed by atoms with E-state index in [0.717, 1.165) is 5.56 Å². The van der Waals surface area contributed by atoms with Crippen LogP contribution in [0.3, 0.4) is 0 Å². The minimum atomic E-state index is -1.31. The van der Waals surface area contributed by atoms with Crippen molar-refractivity contribution in [3.05, 3.63) is 29.8 Å². The van der Waals surface area contributed by atoms with E-state index in [0.29, 0.717) is 12.2 Å². The van der Waals surface area contributed by atoms with Crippen molar-refractivity contribution in [2.75, 3.05) is 12.4 Å². The molecule has 0 heterocycles. The highest BCUT2D eigenvalue weighted by Gasteiger charge is 2.28. The minimum absolute atomic E-state index is 0.547. The SMILES string of the molecule is CNCc1cccc(NC(=O)NC(C)(C)C(=O)O)c1. The number of aliphatic carboxylic acids is 1. The monoisotopic (exact) mass is 265 g/mol. The van der Waals surface area contributed by atoms with Gasteiger partial charge in [-0.1, -0.05) is 12.1 Å². The lowest BCUT2D eigenvalue weighted by Gasteiger charge is -2.21. The summed E-state index contributed by atoms with van der Waals surface area (Å²) in [7, 11) is 1.84. The number of benzene rings is 1. The summed E-state index contributed by atoms with van der Waals surface area (Å²) in [6, 6.07) is 6.77. The second kappa shape index (κ2) is 6.19. The van der Waals surface area contributed by atoms with Gasteiger partial charge in [0.05, 0.1) is 0 Å². The molecule has 6 heteroatoms. The zero-order valence-electron chi connectivity index (χ0n) is 11.3. The predicted molar refractivity (Wildman–Crippen MR) is 73.1 cm³/mol. The maximum Gasteiger partial charge on any atom is 0.328 e. The highest BCUT2D eigenvalue weighted by molar-refractivity contribution is 5.93. The quantitative estimate of drug-likeness (QED) is 0.647. The lowest BCUT2D eigenvalue weighted by molar-refractivity contribution is -0.142. The number of carboxylic acids is 1. The molecule has 4 N–H and O–H groups in total. The van der Waals surface area contributed by atoms with Crippen LogP contribution in [0.2, 0.25) is 0 Å². The van der Waals surface area contributed by atoms with Crippen LogP contribution in [0, 0.1) is 0 Å². The zero-order chi connectivity index (χ0) is 14.5. The lowest BCUT2D eigenvalue weighted by Crippen LogP contribution is -2.51. The van der Waals surface area contributed by atoms with Gasteiger partial charge in [-0.25, -0.2) is 9.59 Å². The summed E-state index contributed by atoms with van der Waals surface area (Å²) in [6.45, 7) is 3.54. The fraction of sp³-hybridized carbons (Fsp3) is 0.385. The van der Waals surface area contributed by atoms with Crippen LogP contribution in [0.1, 0.15) is 19.4 Å². The van der Waals surface area contributed by atoms with Crippen molar-refractivity contribution in [3.63, 3.8) is 0 Å². The molecule has 0 aliphatic heterocycles. The van der Waals surface area contributed by atoms with Crippen molar-refractivity contribution in [1.82, 2.24) is 10.6 Å². The van der Waals surface area contributed by atoms with Gasteiger partial charge in [0.25, 0.3) is 0 Å². The Labute approximate surface area is 112 Å². The summed E-state index contributed by atoms with van der Waals surface area (Å²) in [6.07, 6.45) is 0. The zero-order valence-corrected chi connectivity index (χ0v) is 11.3. The standard InChI is InChI=1S/C13H19N3O3/c1-13(2,11(17)18)16-12(19)15-10-6-4-5-9(7-10)8-14-3/h4-7,14H,8H2,1-3H3,(H,17,18)(H2,15,16,19). The van der Waals surface area contributed by atoms with E-state index in [-0.39, 0.29) is 0 Å². The van der Waals surface area contributed by atoms with Crippen LogP contribution >= 0.6 is 0 Å². The Morgan fingerprint density at radius 2 is 2.00 bits per heavy atom. The lowest BCUT2D eigenvalue weighted by atomic mass is 10.1. The maximum absolute atomic E-state index is 11.7. The third kappa shape index (κ3) is 4.59. The molecule has 0 bridgehead atoms. The number of anilines is 1. The van der Waals surface area contributed by atoms with Crippen molar-refractivity contribution in [1.29, 1.82) is 0 Å². The van der Waals surface area contributed by atoms with Gasteiger partial charge in [-0.15, -0.1) is 0 Å². The summed E-state index contributed by atoms with van der Waals surface area (Å²) in [5.74, 6) is -1.09. The summed E-state index contributed by atoms with van der Waals surface area (Å²) in [5.41, 5.74) is 0.330. The first-order chi connectivity index (χ1) is 8.85. The Balaban J connectivity index is 2.67. The first kappa shape index (κ1) is 15.0. The average Bonchev–Trinajstić information content (AvgIpc) is 2.28. The van der Waals surface area contributed by atoms with Gasteiger partial charge in [-0.2, -0.15) is 0 Å². The van der Waals surface area contributed by atoms with Crippen LogP contribution in [-0.4, -0.2) is 29.7 Å². The van der Waals surface area contributed by atoms with E-state index in [1.54, 1.807) is 6.07 Å². The van der Waals surface area contributed by atoms with E-state index in [1.807, 2.05) is 25.2 Å². The van der Waals surface area contributed by atoms with Crippen molar-refractivity contribution in [2.45, 2.75) is 25.9 Å². The molecule has 6 nitrogen and oxygen atoms in total. The van der Waals surface area contributed by atoms with E-state index in [4.69, 9.17) is 5.11 Å². The number of hydrogen-bond donors (Lipinski definition) is 4. The summed E-state index contributed by atoms with van der Waals surface area (Å²) >= 11 is 0. The van der Waals surface area contributed by atoms with Crippen molar-refractivity contribution in [3.8, 4) is 0 Å². The molecule has 0 fully saturated rings. The van der Waals surface area contributed by atoms with Gasteiger partial charge < -0.3 is 21.1 Å². The van der Waals surface area contributed by atoms with E-state index in [1.165, 1.54) is 13.8 Å². The number of urea groups is 1. The van der Waals surface area contributed by atoms with Gasteiger partial charge in [0.1, 0.15) is 5.54 Å². The topological polar surface area (TPSA) is 90.5 Å². The largest absolute Gasteiger partial charge is 0.480 e. The molecule has 0 radical (unpaired) electrons. The number of amides is 2. The number of carboxylic acid groups (broad SMARTS) is 1. The molecule has 0 unspecified atom stereocenters. The molecule has 104 valence electrons. The highest BCUT2D eigenvalue weighted by atomic mass is 16.4. The van der Waals surface area contributed by atoms with Gasteiger partial charge in [0.15, 0.2) is 0 Å². The molecule has 0 saturated heterocycles. The Morgan fingerprint density at radius 3 is 2.58 bits per heavy atom. The van der Waals surface area contributed by atoms with Gasteiger partial charge in [0.2, 0.25) is 0 Å². The number of carbonyl (C=O) groups is 2. The number of hydrogen-bond acceptors (Lipinski definition) is 3. The molecule has 1 aromatic rings. The fourth-order valence-electron chi connectivity index (χ4n) is 1.46. The van der Waals surface area contributed by atoms with Crippen LogP contribution in [0.15, 0.2) is 24.3 Å². The van der Waals surface area contributed by atoms with Crippen molar-refractivity contribution < 1.29 is 14.7 Å². The first-order valence-electron chi connectivity index (χ1n) is 5.91. The molecule has 19 heavy (non-hydrogen) atoms. The van der Waals surface area contributed by atoms with Gasteiger partial charge in [0, 0.05) is 12.2 Å². The van der Waals surface area contributed by atoms with Gasteiger partial charge in [-0.3, -0.25) is 0 Å². The molecular weight excluding hydrogens is 246 g/mol. The third-order valence-corrected chi connectivity index (χ3v) is 2.53. The van der Waals surface area contributed by atoms with E-state index >= 15 is 0 Å². The van der Waals surface area contributed by atoms with E-state index < -0.39 is 17.5 Å². The van der Waals surface area contributed by atoms with Crippen LogP contribution in [-0.2, 0) is 11.3 Å². The molecule has 2 amide bonds. The van der Waals surface area contributed by atoms with E-state index in [2.05, 4.69) is 16.0 Å². The number of rotatable bonds is 5. The van der Waals surface area contributed by atoms with Crippen LogP contribution < -0.4 is 16.0 Å². The minimum Gasteiger partial charge on any atom is -0.480 e. The third-order valence-electron chi connectivity index (χ3n) is 2.53. The second-order valence-corrected chi connectivity index (χ2v) is 4.74. The van der Waals surface area contributed by atoms with Crippen LogP contribution in [0.4, 0.5) is 10.5 Å². The average molecular weight is 265 g/mol. The molecular formula is C13H19N3O3. The highest BCUT2D eigenvalue weighted by Crippen LogP contribution is 2.11. The Morgan fingerprint density at radius 1 is 1.32 bits per heavy atom. The maximum atomic E-state index is 11.7. The summed E-state index contributed by atoms with van der Waals surface area (Å²) in [5, 5.41) is 16.9. The number of nitrogens with one attached hydrogen (secondary N) is 3. The summed E-state index contributed by atoms with van der Waals surface area (Å²) < 4.78 is 0. The van der Waals surface area contributed by atoms with Crippen molar-refractivity contribution >= 4 is 17.7 Å². The van der Waals surface area contributed by atoms with Crippen molar-refractivity contribution in [2.24, 2.45) is 0 Å². The Kier molecular flexibility index (Phi) is 4.88. The van der Waals surface area contributed by atoms with Crippen LogP contribution in [0.5, 0.6) is 0 Å². The second-order valence-electron chi connectivity index (χ2n) is 4.74. The van der Waals surface area contributed by atoms with Gasteiger partial charge >= 0.3 is 12.0 Å². The molecule has 0 aliphatic carbocycles. The molecule has 0 saturated carbocycles. The predicted octanol–water partition coefficient (Wildman–Crippen LogP) is 1.39. The van der Waals surface area contributed by atoms with E-state index in [9.17, 15) is 9.59 Å². The molecule has 1 rings (SSSR count). The van der Waals surface area contributed by atoms with Crippen LogP contribution in [0.25, 0.3) is 0 Å². The molecule has 0 aliphatic rings. The Bertz CT molecular complexity index is 472. The first-order valence-corrected chi connectivity index (χ1v) is 5.91. The summed E-state index contributed by atoms with van der Waals surface area (Å²) in [4.78, 5) is 22.6. The van der Waals surface area contributed by atoms with Gasteiger partial charge in [-0.05, 0) is 38.6 Å². The fourth-order valence-corrected chi connectivity index (χ4v) is 1.46. The molecule has 0 atom stereocenters. The molecule has 1 aromatic carbocycles. The molecule has 0 spiro atoms. The number of carbonyl (C=O) groups excluding carboxylic acids is 1. The smallest absolute Gasteiger partial charge is 0.328 e.